The van der Waals surface area contributed by atoms with Crippen molar-refractivity contribution in [3.63, 3.8) is 0 Å². The Morgan fingerprint density at radius 1 is 1.38 bits per heavy atom. The Balaban J connectivity index is 1.65. The third-order valence-corrected chi connectivity index (χ3v) is 4.20. The molecule has 1 unspecified atom stereocenters. The van der Waals surface area contributed by atoms with Crippen molar-refractivity contribution in [2.75, 3.05) is 13.2 Å². The number of rotatable bonds is 5. The Morgan fingerprint density at radius 2 is 2.24 bits per heavy atom. The van der Waals surface area contributed by atoms with Gasteiger partial charge >= 0.3 is 0 Å². The van der Waals surface area contributed by atoms with Crippen LogP contribution in [0.2, 0.25) is 0 Å². The number of hydrogen-bond acceptors (Lipinski definition) is 4. The predicted molar refractivity (Wildman–Crippen MR) is 81.2 cm³/mol. The van der Waals surface area contributed by atoms with Crippen molar-refractivity contribution in [1.29, 1.82) is 0 Å². The maximum atomic E-state index is 5.43. The molecule has 0 bridgehead atoms. The van der Waals surface area contributed by atoms with Crippen LogP contribution in [0.5, 0.6) is 0 Å². The van der Waals surface area contributed by atoms with Gasteiger partial charge in [-0.05, 0) is 31.7 Å². The van der Waals surface area contributed by atoms with E-state index in [4.69, 9.17) is 4.74 Å². The lowest BCUT2D eigenvalue weighted by molar-refractivity contribution is 0.0558. The van der Waals surface area contributed by atoms with Crippen LogP contribution in [0.4, 0.5) is 0 Å². The van der Waals surface area contributed by atoms with Gasteiger partial charge in [0.15, 0.2) is 0 Å². The van der Waals surface area contributed by atoms with Gasteiger partial charge in [0.2, 0.25) is 0 Å². The second-order valence-corrected chi connectivity index (χ2v) is 5.58. The van der Waals surface area contributed by atoms with E-state index in [1.807, 2.05) is 23.0 Å². The maximum Gasteiger partial charge on any atom is 0.142 e. The zero-order valence-corrected chi connectivity index (χ0v) is 12.4. The average Bonchev–Trinajstić information content (AvgIpc) is 3.08. The van der Waals surface area contributed by atoms with E-state index in [0.717, 1.165) is 38.4 Å². The van der Waals surface area contributed by atoms with Crippen LogP contribution in [-0.4, -0.2) is 33.8 Å². The fourth-order valence-electron chi connectivity index (χ4n) is 2.84. The fraction of sp³-hybridized carbons (Fsp3) is 0.500. The minimum atomic E-state index is 0.491. The molecule has 0 aliphatic carbocycles. The van der Waals surface area contributed by atoms with E-state index in [0.29, 0.717) is 12.0 Å². The van der Waals surface area contributed by atoms with Crippen LogP contribution < -0.4 is 5.32 Å². The summed E-state index contributed by atoms with van der Waals surface area (Å²) in [5, 5.41) is 3.64. The summed E-state index contributed by atoms with van der Waals surface area (Å²) in [5.41, 5.74) is 1.19. The molecule has 1 N–H and O–H groups in total. The molecule has 112 valence electrons. The summed E-state index contributed by atoms with van der Waals surface area (Å²) in [6.07, 6.45) is 9.60. The van der Waals surface area contributed by atoms with Crippen molar-refractivity contribution in [3.05, 3.63) is 42.6 Å². The maximum absolute atomic E-state index is 5.43. The Hall–Kier alpha value is -1.72. The van der Waals surface area contributed by atoms with Crippen molar-refractivity contribution in [2.45, 2.75) is 32.4 Å². The second kappa shape index (κ2) is 6.83. The monoisotopic (exact) mass is 286 g/mol. The summed E-state index contributed by atoms with van der Waals surface area (Å²) < 4.78 is 7.39. The van der Waals surface area contributed by atoms with E-state index in [1.165, 1.54) is 5.56 Å². The molecule has 1 saturated heterocycles. The predicted octanol–water partition coefficient (Wildman–Crippen LogP) is 2.17. The third kappa shape index (κ3) is 3.49. The van der Waals surface area contributed by atoms with E-state index in [1.54, 1.807) is 12.5 Å². The highest BCUT2D eigenvalue weighted by Gasteiger charge is 2.20. The van der Waals surface area contributed by atoms with Gasteiger partial charge in [-0.1, -0.05) is 6.07 Å². The van der Waals surface area contributed by atoms with Gasteiger partial charge in [-0.3, -0.25) is 4.57 Å². The summed E-state index contributed by atoms with van der Waals surface area (Å²) in [7, 11) is 0. The highest BCUT2D eigenvalue weighted by molar-refractivity contribution is 5.33. The van der Waals surface area contributed by atoms with Gasteiger partial charge in [0.05, 0.1) is 0 Å². The lowest BCUT2D eigenvalue weighted by Crippen LogP contribution is -2.36. The molecule has 0 spiro atoms. The van der Waals surface area contributed by atoms with Crippen LogP contribution in [0.25, 0.3) is 5.82 Å². The molecular formula is C16H22N4O. The molecule has 1 atom stereocenters. The number of imidazole rings is 1. The van der Waals surface area contributed by atoms with E-state index in [2.05, 4.69) is 28.3 Å². The molecule has 3 rings (SSSR count). The van der Waals surface area contributed by atoms with Crippen LogP contribution in [0.15, 0.2) is 37.1 Å². The highest BCUT2D eigenvalue weighted by atomic mass is 16.5. The summed E-state index contributed by atoms with van der Waals surface area (Å²) in [4.78, 5) is 8.57. The summed E-state index contributed by atoms with van der Waals surface area (Å²) in [6.45, 7) is 4.87. The topological polar surface area (TPSA) is 52.0 Å². The van der Waals surface area contributed by atoms with Crippen molar-refractivity contribution >= 4 is 0 Å². The van der Waals surface area contributed by atoms with Crippen LogP contribution in [0, 0.1) is 5.92 Å². The Morgan fingerprint density at radius 3 is 3.00 bits per heavy atom. The summed E-state index contributed by atoms with van der Waals surface area (Å²) >= 11 is 0. The number of hydrogen-bond donors (Lipinski definition) is 1. The van der Waals surface area contributed by atoms with Gasteiger partial charge in [0, 0.05) is 50.0 Å². The van der Waals surface area contributed by atoms with Gasteiger partial charge in [0.1, 0.15) is 12.1 Å². The fourth-order valence-corrected chi connectivity index (χ4v) is 2.84. The first-order valence-corrected chi connectivity index (χ1v) is 7.58. The van der Waals surface area contributed by atoms with Crippen molar-refractivity contribution in [2.24, 2.45) is 5.92 Å². The molecule has 0 radical (unpaired) electrons. The van der Waals surface area contributed by atoms with E-state index >= 15 is 0 Å². The number of pyridine rings is 1. The smallest absolute Gasteiger partial charge is 0.142 e. The van der Waals surface area contributed by atoms with E-state index in [9.17, 15) is 0 Å². The lowest BCUT2D eigenvalue weighted by Gasteiger charge is -2.28. The summed E-state index contributed by atoms with van der Waals surface area (Å²) in [6, 6.07) is 4.59. The van der Waals surface area contributed by atoms with E-state index < -0.39 is 0 Å². The average molecular weight is 286 g/mol. The lowest BCUT2D eigenvalue weighted by atomic mass is 9.93. The third-order valence-electron chi connectivity index (χ3n) is 4.20. The Labute approximate surface area is 125 Å². The molecule has 1 aliphatic heterocycles. The molecule has 0 amide bonds. The highest BCUT2D eigenvalue weighted by Crippen LogP contribution is 2.19. The van der Waals surface area contributed by atoms with Gasteiger partial charge in [0.25, 0.3) is 0 Å². The molecule has 5 heteroatoms. The quantitative estimate of drug-likeness (QED) is 0.915. The Kier molecular flexibility index (Phi) is 4.62. The summed E-state index contributed by atoms with van der Waals surface area (Å²) in [5.74, 6) is 1.65. The number of nitrogens with one attached hydrogen (secondary N) is 1. The van der Waals surface area contributed by atoms with Crippen molar-refractivity contribution in [1.82, 2.24) is 19.9 Å². The molecule has 2 aromatic rings. The first-order valence-electron chi connectivity index (χ1n) is 7.58. The molecule has 21 heavy (non-hydrogen) atoms. The molecule has 5 nitrogen and oxygen atoms in total. The molecule has 2 aromatic heterocycles. The van der Waals surface area contributed by atoms with Crippen molar-refractivity contribution in [3.8, 4) is 5.82 Å². The van der Waals surface area contributed by atoms with Crippen LogP contribution in [0.3, 0.4) is 0 Å². The van der Waals surface area contributed by atoms with Crippen LogP contribution in [-0.2, 0) is 11.3 Å². The van der Waals surface area contributed by atoms with Gasteiger partial charge in [-0.2, -0.15) is 0 Å². The minimum absolute atomic E-state index is 0.491. The molecule has 0 saturated carbocycles. The largest absolute Gasteiger partial charge is 0.381 e. The van der Waals surface area contributed by atoms with E-state index in [-0.39, 0.29) is 0 Å². The van der Waals surface area contributed by atoms with Gasteiger partial charge in [-0.25, -0.2) is 9.97 Å². The first kappa shape index (κ1) is 14.2. The first-order chi connectivity index (χ1) is 10.3. The number of aromatic nitrogens is 3. The standard InChI is InChI=1S/C16H22N4O/c1-13(14-4-9-21-10-5-14)19-11-15-3-2-6-18-16(15)20-8-7-17-12-20/h2-3,6-8,12-14,19H,4-5,9-11H2,1H3. The normalized spacial score (nSPS) is 17.8. The van der Waals surface area contributed by atoms with Gasteiger partial charge in [-0.15, -0.1) is 0 Å². The zero-order chi connectivity index (χ0) is 14.5. The molecule has 0 aromatic carbocycles. The molecule has 3 heterocycles. The Bertz CT molecular complexity index is 549. The molecule has 1 fully saturated rings. The molecular weight excluding hydrogens is 264 g/mol. The molecule has 1 aliphatic rings. The number of nitrogens with zero attached hydrogens (tertiary/aromatic N) is 3. The minimum Gasteiger partial charge on any atom is -0.381 e. The second-order valence-electron chi connectivity index (χ2n) is 5.58. The van der Waals surface area contributed by atoms with Crippen LogP contribution >= 0.6 is 0 Å². The van der Waals surface area contributed by atoms with Crippen molar-refractivity contribution < 1.29 is 4.74 Å². The van der Waals surface area contributed by atoms with Crippen LogP contribution in [0.1, 0.15) is 25.3 Å². The SMILES string of the molecule is CC(NCc1cccnc1-n1ccnc1)C1CCOCC1. The number of ether oxygens (including phenoxy) is 1. The zero-order valence-electron chi connectivity index (χ0n) is 12.4. The van der Waals surface area contributed by atoms with Gasteiger partial charge < -0.3 is 10.1 Å².